The molecule has 90 heavy (non-hydrogen) atoms. The minimum absolute atomic E-state index is 0.00506. The number of amides is 2. The van der Waals surface area contributed by atoms with Gasteiger partial charge in [-0.15, -0.1) is 0 Å². The van der Waals surface area contributed by atoms with Gasteiger partial charge < -0.3 is 29.4 Å². The zero-order chi connectivity index (χ0) is 63.7. The second-order valence-corrected chi connectivity index (χ2v) is 26.4. The first-order valence-electron chi connectivity index (χ1n) is 32.3. The highest BCUT2D eigenvalue weighted by Gasteiger charge is 2.48. The van der Waals surface area contributed by atoms with Crippen molar-refractivity contribution in [1.82, 2.24) is 38.7 Å². The van der Waals surface area contributed by atoms with Crippen molar-refractivity contribution in [3.05, 3.63) is 199 Å². The van der Waals surface area contributed by atoms with E-state index in [0.29, 0.717) is 17.7 Å². The molecule has 4 aromatic carbocycles. The lowest BCUT2D eigenvalue weighted by molar-refractivity contribution is -0.161. The van der Waals surface area contributed by atoms with E-state index in [1.807, 2.05) is 54.6 Å². The molecule has 2 aliphatic heterocycles. The Hall–Kier alpha value is -7.16. The van der Waals surface area contributed by atoms with Gasteiger partial charge in [0.15, 0.2) is 12.5 Å². The highest BCUT2D eigenvalue weighted by Crippen LogP contribution is 2.55. The van der Waals surface area contributed by atoms with Gasteiger partial charge in [-0.25, -0.2) is 18.9 Å². The summed E-state index contributed by atoms with van der Waals surface area (Å²) in [6.07, 6.45) is 18.8. The van der Waals surface area contributed by atoms with Crippen LogP contribution in [0.25, 0.3) is 0 Å². The number of aromatic nitrogens is 4. The zero-order valence-corrected chi connectivity index (χ0v) is 53.8. The second-order valence-electron chi connectivity index (χ2n) is 23.8. The smallest absolute Gasteiger partial charge is 0.351 e. The number of aryl methyl sites for hydroxylation is 1. The predicted octanol–water partition coefficient (Wildman–Crippen LogP) is 11.1. The van der Waals surface area contributed by atoms with E-state index < -0.39 is 66.7 Å². The van der Waals surface area contributed by atoms with Crippen molar-refractivity contribution in [3.63, 3.8) is 0 Å². The average Bonchev–Trinajstić information content (AvgIpc) is 0.747. The summed E-state index contributed by atoms with van der Waals surface area (Å²) in [5.41, 5.74) is 0.466. The minimum Gasteiger partial charge on any atom is -0.463 e. The van der Waals surface area contributed by atoms with E-state index in [9.17, 15) is 28.8 Å². The Balaban J connectivity index is 0.953. The average molecular weight is 1250 g/mol. The van der Waals surface area contributed by atoms with Gasteiger partial charge in [0.25, 0.3) is 11.5 Å². The first kappa shape index (κ1) is 68.7. The van der Waals surface area contributed by atoms with Crippen molar-refractivity contribution in [2.75, 3.05) is 65.3 Å². The molecule has 0 bridgehead atoms. The number of carbonyl (C=O) groups is 3. The zero-order valence-electron chi connectivity index (χ0n) is 52.9. The van der Waals surface area contributed by atoms with Crippen LogP contribution in [0.2, 0.25) is 0 Å². The number of benzene rings is 4. The molecular weight excluding hydrogens is 1160 g/mol. The lowest BCUT2D eigenvalue weighted by atomic mass is 9.75. The van der Waals surface area contributed by atoms with Crippen LogP contribution in [-0.4, -0.2) is 123 Å². The fraction of sp³-hybridized carbons (Fsp3) is 0.493. The molecule has 2 aromatic heterocycles. The van der Waals surface area contributed by atoms with E-state index in [0.717, 1.165) is 36.0 Å². The molecule has 4 heterocycles. The van der Waals surface area contributed by atoms with E-state index in [1.54, 1.807) is 56.0 Å². The highest BCUT2D eigenvalue weighted by atomic mass is 31.2. The molecule has 2 fully saturated rings. The van der Waals surface area contributed by atoms with Crippen LogP contribution < -0.4 is 27.6 Å². The van der Waals surface area contributed by atoms with Gasteiger partial charge >= 0.3 is 25.0 Å². The van der Waals surface area contributed by atoms with E-state index in [-0.39, 0.29) is 64.0 Å². The maximum absolute atomic E-state index is 15.9. The van der Waals surface area contributed by atoms with Crippen molar-refractivity contribution in [2.24, 2.45) is 0 Å². The van der Waals surface area contributed by atoms with Crippen molar-refractivity contribution in [1.29, 1.82) is 0 Å². The number of hydrogen-bond donors (Lipinski definition) is 3. The maximum Gasteiger partial charge on any atom is 0.351 e. The number of unbranched alkanes of at least 4 members (excludes halogenated alkanes) is 15. The standard InChI is InChI=1S/C69H92N9O11P/c1-5-6-7-8-9-10-11-12-13-14-15-16-17-18-19-32-44-70-61(79)41-42-64(80)86-51-59-48-76(50-63(89-59)77-45-43-60(72-67(77)83)71-66(82)54-33-24-20-25-34-54)90(85,74(3)4)87-52-58-47-75(49-62(88-58)78-46-53(2)65(81)73-68(78)84)69(55-35-26-21-27-36-55,56-37-28-22-29-38-56)57-39-30-23-31-40-57/h20-31,33-40,43,45-46,58-59,62-63H,5-19,32,41-42,44,47-52H2,1-4H3,(H,70,79)(H,73,81,84)(H,71,72,82,83)/t58-,59-,62+,63+,90?/m0/s1. The number of nitrogens with zero attached hydrogens (tertiary/aromatic N) is 6. The summed E-state index contributed by atoms with van der Waals surface area (Å²) in [5.74, 6) is -1.37. The number of morpholine rings is 2. The highest BCUT2D eigenvalue weighted by molar-refractivity contribution is 7.53. The lowest BCUT2D eigenvalue weighted by Crippen LogP contribution is -2.58. The summed E-state index contributed by atoms with van der Waals surface area (Å²) in [4.78, 5) is 88.7. The third-order valence-electron chi connectivity index (χ3n) is 16.8. The number of rotatable bonds is 35. The molecule has 1 unspecified atom stereocenters. The third-order valence-corrected chi connectivity index (χ3v) is 19.4. The molecule has 484 valence electrons. The normalized spacial score (nSPS) is 18.0. The molecular formula is C69H92N9O11P. The third kappa shape index (κ3) is 19.0. The molecule has 8 rings (SSSR count). The molecule has 3 N–H and O–H groups in total. The Morgan fingerprint density at radius 2 is 1.16 bits per heavy atom. The monoisotopic (exact) mass is 1250 g/mol. The van der Waals surface area contributed by atoms with E-state index >= 15 is 4.57 Å². The molecule has 2 saturated heterocycles. The molecule has 0 aliphatic carbocycles. The molecule has 0 radical (unpaired) electrons. The van der Waals surface area contributed by atoms with Crippen molar-refractivity contribution < 1.29 is 37.7 Å². The number of anilines is 1. The Kier molecular flexibility index (Phi) is 26.6. The second kappa shape index (κ2) is 34.9. The number of aromatic amines is 1. The van der Waals surface area contributed by atoms with Crippen molar-refractivity contribution >= 4 is 31.3 Å². The molecule has 0 saturated carbocycles. The maximum atomic E-state index is 15.9. The summed E-state index contributed by atoms with van der Waals surface area (Å²) in [7, 11) is -0.965. The van der Waals surface area contributed by atoms with Crippen LogP contribution in [0.4, 0.5) is 5.82 Å². The van der Waals surface area contributed by atoms with Crippen LogP contribution in [0.5, 0.6) is 0 Å². The van der Waals surface area contributed by atoms with Crippen LogP contribution >= 0.6 is 7.67 Å². The molecule has 20 nitrogen and oxygen atoms in total. The predicted molar refractivity (Wildman–Crippen MR) is 349 cm³/mol. The first-order chi connectivity index (χ1) is 43.7. The Labute approximate surface area is 529 Å². The van der Waals surface area contributed by atoms with Gasteiger partial charge in [0.1, 0.15) is 18.5 Å². The van der Waals surface area contributed by atoms with Crippen molar-refractivity contribution in [2.45, 2.75) is 160 Å². The van der Waals surface area contributed by atoms with E-state index in [1.165, 1.54) is 116 Å². The van der Waals surface area contributed by atoms with Crippen molar-refractivity contribution in [3.8, 4) is 0 Å². The largest absolute Gasteiger partial charge is 0.463 e. The summed E-state index contributed by atoms with van der Waals surface area (Å²) in [6.45, 7) is 3.85. The molecule has 5 atom stereocenters. The Bertz CT molecular complexity index is 3330. The van der Waals surface area contributed by atoms with Gasteiger partial charge in [-0.3, -0.25) is 42.8 Å². The van der Waals surface area contributed by atoms with Gasteiger partial charge in [0.2, 0.25) is 5.91 Å². The molecule has 21 heteroatoms. The minimum atomic E-state index is -4.18. The number of ether oxygens (including phenoxy) is 3. The lowest BCUT2D eigenvalue weighted by Gasteiger charge is -2.51. The van der Waals surface area contributed by atoms with Gasteiger partial charge in [-0.2, -0.15) is 4.98 Å². The van der Waals surface area contributed by atoms with Gasteiger partial charge in [-0.05, 0) is 62.3 Å². The van der Waals surface area contributed by atoms with Gasteiger partial charge in [0, 0.05) is 56.1 Å². The van der Waals surface area contributed by atoms with Crippen LogP contribution in [0.3, 0.4) is 0 Å². The van der Waals surface area contributed by atoms with Gasteiger partial charge in [0.05, 0.1) is 31.2 Å². The summed E-state index contributed by atoms with van der Waals surface area (Å²) >= 11 is 0. The summed E-state index contributed by atoms with van der Waals surface area (Å²) < 4.78 is 47.3. The SMILES string of the molecule is CCCCCCCCCCCCCCCCCCNC(=O)CCC(=O)OC[C@@H]1CN(P(=O)(OC[C@@H]2CN(C(c3ccccc3)(c3ccccc3)c3ccccc3)C[C@H](n3cc(C)c(=O)[nH]c3=O)O2)N(C)C)C[C@H](n2ccc(NC(=O)c3ccccc3)nc2=O)O1. The van der Waals surface area contributed by atoms with Gasteiger partial charge in [-0.1, -0.05) is 212 Å². The van der Waals surface area contributed by atoms with E-state index in [2.05, 4.69) is 68.8 Å². The molecule has 6 aromatic rings. The number of H-pyrrole nitrogens is 1. The number of esters is 1. The topological polar surface area (TPSA) is 229 Å². The van der Waals surface area contributed by atoms with Crippen LogP contribution in [-0.2, 0) is 38.4 Å². The number of carbonyl (C=O) groups excluding carboxylic acids is 3. The summed E-state index contributed by atoms with van der Waals surface area (Å²) in [6, 6.07) is 40.0. The summed E-state index contributed by atoms with van der Waals surface area (Å²) in [5, 5.41) is 5.60. The molecule has 0 spiro atoms. The first-order valence-corrected chi connectivity index (χ1v) is 33.8. The van der Waals surface area contributed by atoms with Crippen LogP contribution in [0, 0.1) is 6.92 Å². The van der Waals surface area contributed by atoms with Crippen LogP contribution in [0.1, 0.15) is 168 Å². The fourth-order valence-electron chi connectivity index (χ4n) is 12.0. The number of nitrogens with one attached hydrogen (secondary N) is 3. The Morgan fingerprint density at radius 3 is 1.69 bits per heavy atom. The number of hydrogen-bond acceptors (Lipinski definition) is 13. The fourth-order valence-corrected chi connectivity index (χ4v) is 14.0. The quantitative estimate of drug-likeness (QED) is 0.0145. The van der Waals surface area contributed by atoms with E-state index in [4.69, 9.17) is 18.7 Å². The Morgan fingerprint density at radius 1 is 0.644 bits per heavy atom. The molecule has 2 amide bonds. The molecule has 2 aliphatic rings. The van der Waals surface area contributed by atoms with Crippen LogP contribution in [0.15, 0.2) is 154 Å².